The molecule has 0 radical (unpaired) electrons. The van der Waals surface area contributed by atoms with Gasteiger partial charge in [-0.05, 0) is 29.3 Å². The first-order chi connectivity index (χ1) is 13.0. The zero-order chi connectivity index (χ0) is 20.0. The van der Waals surface area contributed by atoms with Gasteiger partial charge in [-0.15, -0.1) is 0 Å². The van der Waals surface area contributed by atoms with E-state index in [1.165, 1.54) is 53.9 Å². The minimum absolute atomic E-state index is 0.149. The summed E-state index contributed by atoms with van der Waals surface area (Å²) < 4.78 is 26.4. The van der Waals surface area contributed by atoms with Gasteiger partial charge < -0.3 is 23.7 Å². The molecule has 2 aromatic rings. The van der Waals surface area contributed by atoms with Crippen molar-refractivity contribution in [2.45, 2.75) is 0 Å². The van der Waals surface area contributed by atoms with Gasteiger partial charge in [0.05, 0.1) is 46.7 Å². The zero-order valence-corrected chi connectivity index (χ0v) is 15.8. The van der Waals surface area contributed by atoms with Crippen LogP contribution in [0.2, 0.25) is 0 Å². The van der Waals surface area contributed by atoms with Gasteiger partial charge in [0.1, 0.15) is 0 Å². The van der Waals surface area contributed by atoms with Gasteiger partial charge in [0.25, 0.3) is 0 Å². The lowest BCUT2D eigenvalue weighted by Crippen LogP contribution is -1.99. The van der Waals surface area contributed by atoms with Crippen molar-refractivity contribution in [2.75, 3.05) is 35.5 Å². The van der Waals surface area contributed by atoms with Crippen LogP contribution in [0.3, 0.4) is 0 Å². The van der Waals surface area contributed by atoms with Crippen molar-refractivity contribution in [1.82, 2.24) is 0 Å². The maximum absolute atomic E-state index is 11.4. The van der Waals surface area contributed by atoms with E-state index in [9.17, 15) is 10.1 Å². The Morgan fingerprint density at radius 1 is 0.852 bits per heavy atom. The van der Waals surface area contributed by atoms with Gasteiger partial charge in [-0.2, -0.15) is 0 Å². The average Bonchev–Trinajstić information content (AvgIpc) is 2.70. The van der Waals surface area contributed by atoms with Crippen molar-refractivity contribution in [2.24, 2.45) is 0 Å². The Bertz CT molecular complexity index is 836. The molecule has 0 heterocycles. The molecule has 0 fully saturated rings. The van der Waals surface area contributed by atoms with E-state index in [2.05, 4.69) is 0 Å². The molecule has 8 heteroatoms. The van der Waals surface area contributed by atoms with Gasteiger partial charge in [-0.3, -0.25) is 10.1 Å². The fourth-order valence-corrected chi connectivity index (χ4v) is 2.66. The molecule has 0 bridgehead atoms. The molecule has 0 atom stereocenters. The molecule has 2 aromatic carbocycles. The van der Waals surface area contributed by atoms with Crippen molar-refractivity contribution in [3.05, 3.63) is 57.8 Å². The van der Waals surface area contributed by atoms with E-state index in [1.807, 2.05) is 0 Å². The largest absolute Gasteiger partial charge is 0.504 e. The number of benzene rings is 2. The Labute approximate surface area is 157 Å². The molecule has 27 heavy (non-hydrogen) atoms. The topological polar surface area (TPSA) is 89.3 Å². The first kappa shape index (κ1) is 19.9. The molecule has 0 aliphatic rings. The molecule has 0 N–H and O–H groups in total. The van der Waals surface area contributed by atoms with Gasteiger partial charge in [-0.1, -0.05) is 6.07 Å². The van der Waals surface area contributed by atoms with Crippen LogP contribution in [-0.2, 0) is 4.74 Å². The number of methoxy groups -OCH3 is 5. The van der Waals surface area contributed by atoms with Gasteiger partial charge in [0, 0.05) is 11.6 Å². The number of nitro groups is 1. The van der Waals surface area contributed by atoms with Crippen LogP contribution in [0.25, 0.3) is 5.57 Å². The van der Waals surface area contributed by atoms with E-state index in [1.54, 1.807) is 18.2 Å². The first-order valence-corrected chi connectivity index (χ1v) is 7.86. The number of nitro benzene ring substituents is 1. The summed E-state index contributed by atoms with van der Waals surface area (Å²) >= 11 is 0. The van der Waals surface area contributed by atoms with Crippen LogP contribution in [-0.4, -0.2) is 40.5 Å². The van der Waals surface area contributed by atoms with Crippen molar-refractivity contribution in [1.29, 1.82) is 0 Å². The van der Waals surface area contributed by atoms with Crippen LogP contribution in [0.15, 0.2) is 36.6 Å². The summed E-state index contributed by atoms with van der Waals surface area (Å²) in [5.74, 6) is 1.53. The number of nitrogens with zero attached hydrogens (tertiary/aromatic N) is 1. The minimum atomic E-state index is -0.498. The predicted molar refractivity (Wildman–Crippen MR) is 99.8 cm³/mol. The normalized spacial score (nSPS) is 10.9. The highest BCUT2D eigenvalue weighted by atomic mass is 16.6. The smallest absolute Gasteiger partial charge is 0.311 e. The summed E-state index contributed by atoms with van der Waals surface area (Å²) in [4.78, 5) is 10.9. The molecule has 8 nitrogen and oxygen atoms in total. The summed E-state index contributed by atoms with van der Waals surface area (Å²) in [7, 11) is 7.42. The molecule has 0 aromatic heterocycles. The highest BCUT2D eigenvalue weighted by molar-refractivity contribution is 5.83. The standard InChI is InChI=1S/C19H21NO7/c1-23-11-14(12-6-7-16(24-2)15(8-12)20(21)22)13-9-17(25-3)19(27-5)18(10-13)26-4/h6-11H,1-5H3/b14-11+. The molecule has 144 valence electrons. The van der Waals surface area contributed by atoms with E-state index >= 15 is 0 Å². The van der Waals surface area contributed by atoms with Crippen LogP contribution >= 0.6 is 0 Å². The van der Waals surface area contributed by atoms with E-state index in [-0.39, 0.29) is 11.4 Å². The van der Waals surface area contributed by atoms with Gasteiger partial charge >= 0.3 is 5.69 Å². The van der Waals surface area contributed by atoms with E-state index in [0.29, 0.717) is 33.9 Å². The number of hydrogen-bond acceptors (Lipinski definition) is 7. The second kappa shape index (κ2) is 8.79. The van der Waals surface area contributed by atoms with Crippen molar-refractivity contribution >= 4 is 11.3 Å². The van der Waals surface area contributed by atoms with Crippen LogP contribution in [0.5, 0.6) is 23.0 Å². The highest BCUT2D eigenvalue weighted by Crippen LogP contribution is 2.42. The zero-order valence-electron chi connectivity index (χ0n) is 15.8. The molecule has 0 unspecified atom stereocenters. The SMILES string of the molecule is CO/C=C(/c1cc(OC)c(OC)c(OC)c1)c1ccc(OC)c([N+](=O)[O-])c1. The Balaban J connectivity index is 2.68. The molecule has 2 rings (SSSR count). The monoisotopic (exact) mass is 375 g/mol. The van der Waals surface area contributed by atoms with Crippen molar-refractivity contribution in [3.8, 4) is 23.0 Å². The Morgan fingerprint density at radius 2 is 1.44 bits per heavy atom. The first-order valence-electron chi connectivity index (χ1n) is 7.86. The second-order valence-electron chi connectivity index (χ2n) is 5.32. The summed E-state index contributed by atoms with van der Waals surface area (Å²) in [5, 5.41) is 11.4. The van der Waals surface area contributed by atoms with Crippen LogP contribution in [0.4, 0.5) is 5.69 Å². The molecule has 0 spiro atoms. The van der Waals surface area contributed by atoms with Gasteiger partial charge in [-0.25, -0.2) is 0 Å². The molecule has 0 aliphatic carbocycles. The van der Waals surface area contributed by atoms with Gasteiger partial charge in [0.15, 0.2) is 17.2 Å². The lowest BCUT2D eigenvalue weighted by molar-refractivity contribution is -0.385. The Hall–Kier alpha value is -3.42. The van der Waals surface area contributed by atoms with Crippen LogP contribution < -0.4 is 18.9 Å². The molecule has 0 saturated heterocycles. The third kappa shape index (κ3) is 4.05. The third-order valence-electron chi connectivity index (χ3n) is 3.90. The van der Waals surface area contributed by atoms with Crippen LogP contribution in [0, 0.1) is 10.1 Å². The number of rotatable bonds is 8. The maximum atomic E-state index is 11.4. The van der Waals surface area contributed by atoms with E-state index in [0.717, 1.165) is 0 Å². The molecule has 0 saturated carbocycles. The number of hydrogen-bond donors (Lipinski definition) is 0. The summed E-state index contributed by atoms with van der Waals surface area (Å²) in [6.07, 6.45) is 1.49. The Kier molecular flexibility index (Phi) is 6.48. The molecule has 0 amide bonds. The quantitative estimate of drug-likeness (QED) is 0.395. The minimum Gasteiger partial charge on any atom is -0.504 e. The Morgan fingerprint density at radius 3 is 1.89 bits per heavy atom. The van der Waals surface area contributed by atoms with Crippen molar-refractivity contribution in [3.63, 3.8) is 0 Å². The summed E-state index contributed by atoms with van der Waals surface area (Å²) in [6.45, 7) is 0. The van der Waals surface area contributed by atoms with E-state index < -0.39 is 4.92 Å². The van der Waals surface area contributed by atoms with Crippen LogP contribution in [0.1, 0.15) is 11.1 Å². The predicted octanol–water partition coefficient (Wildman–Crippen LogP) is 3.66. The average molecular weight is 375 g/mol. The van der Waals surface area contributed by atoms with Gasteiger partial charge in [0.2, 0.25) is 5.75 Å². The number of ether oxygens (including phenoxy) is 5. The highest BCUT2D eigenvalue weighted by Gasteiger charge is 2.20. The third-order valence-corrected chi connectivity index (χ3v) is 3.90. The summed E-state index contributed by atoms with van der Waals surface area (Å²) in [6, 6.07) is 8.15. The molecular formula is C19H21NO7. The molecule has 0 aliphatic heterocycles. The fourth-order valence-electron chi connectivity index (χ4n) is 2.66. The van der Waals surface area contributed by atoms with Crippen molar-refractivity contribution < 1.29 is 28.6 Å². The fraction of sp³-hybridized carbons (Fsp3) is 0.263. The lowest BCUT2D eigenvalue weighted by atomic mass is 9.97. The maximum Gasteiger partial charge on any atom is 0.311 e. The second-order valence-corrected chi connectivity index (χ2v) is 5.32. The molecular weight excluding hydrogens is 354 g/mol. The lowest BCUT2D eigenvalue weighted by Gasteiger charge is -2.16. The van der Waals surface area contributed by atoms with E-state index in [4.69, 9.17) is 23.7 Å². The summed E-state index contributed by atoms with van der Waals surface area (Å²) in [5.41, 5.74) is 1.69.